The predicted molar refractivity (Wildman–Crippen MR) is 73.8 cm³/mol. The number of ether oxygens (including phenoxy) is 1. The van der Waals surface area contributed by atoms with E-state index in [-0.39, 0.29) is 5.41 Å². The lowest BCUT2D eigenvalue weighted by Gasteiger charge is -2.18. The van der Waals surface area contributed by atoms with Crippen LogP contribution >= 0.6 is 11.6 Å². The van der Waals surface area contributed by atoms with E-state index >= 15 is 0 Å². The van der Waals surface area contributed by atoms with E-state index in [1.807, 2.05) is 34.7 Å². The van der Waals surface area contributed by atoms with Gasteiger partial charge in [-0.05, 0) is 6.92 Å². The Morgan fingerprint density at radius 3 is 2.47 bits per heavy atom. The number of aromatic nitrogens is 4. The van der Waals surface area contributed by atoms with Crippen molar-refractivity contribution >= 4 is 11.6 Å². The molecule has 102 valence electrons. The smallest absolute Gasteiger partial charge is 0.227 e. The molecule has 0 aliphatic carbocycles. The third kappa shape index (κ3) is 3.04. The maximum atomic E-state index is 6.14. The van der Waals surface area contributed by atoms with Crippen LogP contribution in [0, 0.1) is 6.92 Å². The summed E-state index contributed by atoms with van der Waals surface area (Å²) in [5, 5.41) is 4.47. The van der Waals surface area contributed by atoms with Crippen molar-refractivity contribution in [1.29, 1.82) is 0 Å². The van der Waals surface area contributed by atoms with Gasteiger partial charge in [0.1, 0.15) is 11.0 Å². The minimum atomic E-state index is -0.190. The maximum Gasteiger partial charge on any atom is 0.227 e. The van der Waals surface area contributed by atoms with E-state index in [9.17, 15) is 0 Å². The van der Waals surface area contributed by atoms with E-state index < -0.39 is 0 Å². The Hall–Kier alpha value is -1.62. The molecule has 19 heavy (non-hydrogen) atoms. The lowest BCUT2D eigenvalue weighted by molar-refractivity contribution is 0.441. The molecule has 5 nitrogen and oxygen atoms in total. The normalized spacial score (nSPS) is 11.7. The van der Waals surface area contributed by atoms with Gasteiger partial charge < -0.3 is 4.74 Å². The zero-order chi connectivity index (χ0) is 14.2. The molecule has 0 bridgehead atoms. The average Bonchev–Trinajstić information content (AvgIpc) is 2.69. The summed E-state index contributed by atoms with van der Waals surface area (Å²) in [6, 6.07) is 0. The molecule has 0 aromatic carbocycles. The summed E-state index contributed by atoms with van der Waals surface area (Å²) in [6.07, 6.45) is 3.40. The van der Waals surface area contributed by atoms with Crippen molar-refractivity contribution in [2.75, 3.05) is 0 Å². The van der Waals surface area contributed by atoms with Crippen LogP contribution in [0.4, 0.5) is 0 Å². The van der Waals surface area contributed by atoms with Gasteiger partial charge in [0.25, 0.3) is 0 Å². The molecule has 2 aromatic heterocycles. The highest BCUT2D eigenvalue weighted by Gasteiger charge is 2.21. The van der Waals surface area contributed by atoms with Gasteiger partial charge >= 0.3 is 0 Å². The summed E-state index contributed by atoms with van der Waals surface area (Å²) in [5.41, 5.74) is 0.531. The van der Waals surface area contributed by atoms with Crippen molar-refractivity contribution in [2.24, 2.45) is 7.05 Å². The third-order valence-corrected chi connectivity index (χ3v) is 2.98. The van der Waals surface area contributed by atoms with Crippen LogP contribution < -0.4 is 4.74 Å². The van der Waals surface area contributed by atoms with Gasteiger partial charge in [-0.3, -0.25) is 4.68 Å². The van der Waals surface area contributed by atoms with E-state index in [0.717, 1.165) is 5.56 Å². The highest BCUT2D eigenvalue weighted by atomic mass is 35.5. The molecule has 0 radical (unpaired) electrons. The molecule has 0 atom stereocenters. The minimum absolute atomic E-state index is 0.190. The highest BCUT2D eigenvalue weighted by Crippen LogP contribution is 2.30. The van der Waals surface area contributed by atoms with Gasteiger partial charge in [-0.2, -0.15) is 10.1 Å². The number of nitrogens with zero attached hydrogens (tertiary/aromatic N) is 4. The molecular weight excluding hydrogens is 264 g/mol. The fourth-order valence-corrected chi connectivity index (χ4v) is 1.63. The van der Waals surface area contributed by atoms with Gasteiger partial charge in [0.15, 0.2) is 5.75 Å². The Kier molecular flexibility index (Phi) is 3.49. The maximum absolute atomic E-state index is 6.14. The Balaban J connectivity index is 2.41. The third-order valence-electron chi connectivity index (χ3n) is 2.61. The van der Waals surface area contributed by atoms with E-state index in [0.29, 0.717) is 22.6 Å². The second kappa shape index (κ2) is 4.81. The van der Waals surface area contributed by atoms with E-state index in [4.69, 9.17) is 16.3 Å². The Morgan fingerprint density at radius 1 is 1.26 bits per heavy atom. The number of hydrogen-bond acceptors (Lipinski definition) is 4. The van der Waals surface area contributed by atoms with Crippen LogP contribution in [0.15, 0.2) is 12.4 Å². The molecule has 0 unspecified atom stereocenters. The van der Waals surface area contributed by atoms with E-state index in [1.165, 1.54) is 0 Å². The highest BCUT2D eigenvalue weighted by molar-refractivity contribution is 6.30. The molecule has 0 spiro atoms. The second-order valence-electron chi connectivity index (χ2n) is 5.47. The fraction of sp³-hybridized carbons (Fsp3) is 0.462. The molecule has 0 aliphatic heterocycles. The first-order chi connectivity index (χ1) is 8.77. The summed E-state index contributed by atoms with van der Waals surface area (Å²) in [5.74, 6) is 1.75. The average molecular weight is 281 g/mol. The Bertz CT molecular complexity index is 601. The standard InChI is InChI=1S/C13H17ClN4O/c1-8-10(14)16-12(13(2,3)4)17-11(8)19-9-6-15-18(5)7-9/h6-7H,1-5H3. The largest absolute Gasteiger partial charge is 0.435 e. The molecule has 0 N–H and O–H groups in total. The molecule has 0 fully saturated rings. The Morgan fingerprint density at radius 2 is 1.95 bits per heavy atom. The van der Waals surface area contributed by atoms with Gasteiger partial charge in [0.2, 0.25) is 5.88 Å². The molecular formula is C13H17ClN4O. The number of hydrogen-bond donors (Lipinski definition) is 0. The summed E-state index contributed by atoms with van der Waals surface area (Å²) in [4.78, 5) is 8.76. The van der Waals surface area contributed by atoms with Gasteiger partial charge in [0.05, 0.1) is 12.4 Å². The zero-order valence-corrected chi connectivity index (χ0v) is 12.5. The van der Waals surface area contributed by atoms with Crippen LogP contribution in [0.3, 0.4) is 0 Å². The van der Waals surface area contributed by atoms with Crippen LogP contribution in [-0.4, -0.2) is 19.7 Å². The van der Waals surface area contributed by atoms with E-state index in [1.54, 1.807) is 17.1 Å². The summed E-state index contributed by atoms with van der Waals surface area (Å²) >= 11 is 6.14. The molecule has 0 saturated carbocycles. The molecule has 6 heteroatoms. The van der Waals surface area contributed by atoms with Crippen LogP contribution in [-0.2, 0) is 12.5 Å². The van der Waals surface area contributed by atoms with Crippen molar-refractivity contribution in [1.82, 2.24) is 19.7 Å². The first-order valence-electron chi connectivity index (χ1n) is 5.98. The predicted octanol–water partition coefficient (Wildman–Crippen LogP) is 3.26. The summed E-state index contributed by atoms with van der Waals surface area (Å²) < 4.78 is 7.39. The Labute approximate surface area is 117 Å². The SMILES string of the molecule is Cc1c(Cl)nc(C(C)(C)C)nc1Oc1cnn(C)c1. The molecule has 2 rings (SSSR count). The topological polar surface area (TPSA) is 52.8 Å². The number of rotatable bonds is 2. The van der Waals surface area contributed by atoms with Crippen molar-refractivity contribution in [3.05, 3.63) is 28.9 Å². The number of halogens is 1. The van der Waals surface area contributed by atoms with Crippen molar-refractivity contribution < 1.29 is 4.74 Å². The van der Waals surface area contributed by atoms with Crippen molar-refractivity contribution in [2.45, 2.75) is 33.1 Å². The summed E-state index contributed by atoms with van der Waals surface area (Å²) in [7, 11) is 1.83. The molecule has 2 aromatic rings. The van der Waals surface area contributed by atoms with Gasteiger partial charge in [-0.1, -0.05) is 32.4 Å². The van der Waals surface area contributed by atoms with E-state index in [2.05, 4.69) is 15.1 Å². The van der Waals surface area contributed by atoms with Crippen LogP contribution in [0.5, 0.6) is 11.6 Å². The molecule has 0 aliphatic rings. The first-order valence-corrected chi connectivity index (χ1v) is 6.36. The zero-order valence-electron chi connectivity index (χ0n) is 11.7. The lowest BCUT2D eigenvalue weighted by Crippen LogP contribution is -2.17. The van der Waals surface area contributed by atoms with Crippen molar-refractivity contribution in [3.8, 4) is 11.6 Å². The molecule has 2 heterocycles. The van der Waals surface area contributed by atoms with Crippen molar-refractivity contribution in [3.63, 3.8) is 0 Å². The minimum Gasteiger partial charge on any atom is -0.435 e. The quantitative estimate of drug-likeness (QED) is 0.792. The molecule has 0 saturated heterocycles. The van der Waals surface area contributed by atoms with Gasteiger partial charge in [0, 0.05) is 18.0 Å². The van der Waals surface area contributed by atoms with Crippen LogP contribution in [0.25, 0.3) is 0 Å². The summed E-state index contributed by atoms with van der Waals surface area (Å²) in [6.45, 7) is 7.92. The second-order valence-corrected chi connectivity index (χ2v) is 5.83. The fourth-order valence-electron chi connectivity index (χ4n) is 1.47. The lowest BCUT2D eigenvalue weighted by atomic mass is 9.96. The number of aryl methyl sites for hydroxylation is 1. The monoisotopic (exact) mass is 280 g/mol. The van der Waals surface area contributed by atoms with Crippen LogP contribution in [0.1, 0.15) is 32.2 Å². The van der Waals surface area contributed by atoms with Gasteiger partial charge in [-0.15, -0.1) is 0 Å². The van der Waals surface area contributed by atoms with Gasteiger partial charge in [-0.25, -0.2) is 4.98 Å². The molecule has 0 amide bonds. The first kappa shape index (κ1) is 13.8. The van der Waals surface area contributed by atoms with Crippen LogP contribution in [0.2, 0.25) is 5.15 Å².